The van der Waals surface area contributed by atoms with E-state index in [0.29, 0.717) is 11.3 Å². The highest BCUT2D eigenvalue weighted by Gasteiger charge is 2.11. The van der Waals surface area contributed by atoms with E-state index in [1.165, 1.54) is 0 Å². The highest BCUT2D eigenvalue weighted by Crippen LogP contribution is 2.25. The van der Waals surface area contributed by atoms with Crippen molar-refractivity contribution in [2.45, 2.75) is 13.8 Å². The molecule has 0 saturated carbocycles. The Balaban J connectivity index is 3.38. The first-order valence-electron chi connectivity index (χ1n) is 3.94. The number of ether oxygens (including phenoxy) is 1. The maximum Gasteiger partial charge on any atom is 0.220 e. The molecular formula is C10H12O2S. The molecule has 1 rings (SSSR count). The SMILES string of the molecule is COc1c(C)cc(C)cc1C(=O)S. The van der Waals surface area contributed by atoms with Crippen molar-refractivity contribution in [3.05, 3.63) is 28.8 Å². The summed E-state index contributed by atoms with van der Waals surface area (Å²) in [6.07, 6.45) is 0. The minimum atomic E-state index is -0.261. The first-order valence-corrected chi connectivity index (χ1v) is 4.39. The third kappa shape index (κ3) is 2.04. The van der Waals surface area contributed by atoms with Gasteiger partial charge in [-0.3, -0.25) is 4.79 Å². The Bertz CT molecular complexity index is 345. The third-order valence-electron chi connectivity index (χ3n) is 1.85. The van der Waals surface area contributed by atoms with E-state index in [4.69, 9.17) is 4.74 Å². The Morgan fingerprint density at radius 2 is 2.00 bits per heavy atom. The Hall–Kier alpha value is -0.960. The van der Waals surface area contributed by atoms with Crippen molar-refractivity contribution < 1.29 is 9.53 Å². The number of carbonyl (C=O) groups is 1. The van der Waals surface area contributed by atoms with Crippen molar-refractivity contribution in [2.75, 3.05) is 7.11 Å². The molecule has 0 aliphatic heterocycles. The van der Waals surface area contributed by atoms with Crippen LogP contribution in [-0.4, -0.2) is 12.2 Å². The van der Waals surface area contributed by atoms with Gasteiger partial charge in [-0.2, -0.15) is 0 Å². The number of benzene rings is 1. The summed E-state index contributed by atoms with van der Waals surface area (Å²) in [5.74, 6) is 0.616. The van der Waals surface area contributed by atoms with Crippen LogP contribution in [0.15, 0.2) is 12.1 Å². The van der Waals surface area contributed by atoms with Crippen molar-refractivity contribution in [1.82, 2.24) is 0 Å². The molecule has 0 unspecified atom stereocenters. The quantitative estimate of drug-likeness (QED) is 0.735. The van der Waals surface area contributed by atoms with Crippen LogP contribution in [0.5, 0.6) is 5.75 Å². The second-order valence-corrected chi connectivity index (χ2v) is 3.37. The highest BCUT2D eigenvalue weighted by molar-refractivity contribution is 7.97. The number of hydrogen-bond acceptors (Lipinski definition) is 2. The zero-order valence-corrected chi connectivity index (χ0v) is 8.81. The number of aryl methyl sites for hydroxylation is 2. The van der Waals surface area contributed by atoms with Crippen molar-refractivity contribution >= 4 is 17.7 Å². The molecule has 0 fully saturated rings. The van der Waals surface area contributed by atoms with Gasteiger partial charge in [0.2, 0.25) is 5.12 Å². The monoisotopic (exact) mass is 196 g/mol. The average molecular weight is 196 g/mol. The van der Waals surface area contributed by atoms with Crippen LogP contribution in [0.2, 0.25) is 0 Å². The standard InChI is InChI=1S/C10H12O2S/c1-6-4-7(2)9(12-3)8(5-6)10(11)13/h4-5H,1-3H3,(H,11,13). The molecule has 0 aromatic heterocycles. The van der Waals surface area contributed by atoms with Gasteiger partial charge in [-0.15, -0.1) is 12.6 Å². The summed E-state index contributed by atoms with van der Waals surface area (Å²) in [5, 5.41) is -0.261. The van der Waals surface area contributed by atoms with Gasteiger partial charge in [0.25, 0.3) is 0 Å². The van der Waals surface area contributed by atoms with E-state index in [-0.39, 0.29) is 5.12 Å². The largest absolute Gasteiger partial charge is 0.496 e. The summed E-state index contributed by atoms with van der Waals surface area (Å²) in [5.41, 5.74) is 2.53. The summed E-state index contributed by atoms with van der Waals surface area (Å²) in [6, 6.07) is 3.75. The summed E-state index contributed by atoms with van der Waals surface area (Å²) < 4.78 is 5.12. The molecule has 0 spiro atoms. The summed E-state index contributed by atoms with van der Waals surface area (Å²) >= 11 is 3.79. The molecular weight excluding hydrogens is 184 g/mol. The normalized spacial score (nSPS) is 9.85. The van der Waals surface area contributed by atoms with Crippen LogP contribution in [0.4, 0.5) is 0 Å². The van der Waals surface area contributed by atoms with Crippen LogP contribution >= 0.6 is 12.6 Å². The average Bonchev–Trinajstić information content (AvgIpc) is 2.02. The number of rotatable bonds is 2. The molecule has 0 heterocycles. The second-order valence-electron chi connectivity index (χ2n) is 2.97. The molecule has 1 aromatic carbocycles. The molecule has 2 nitrogen and oxygen atoms in total. The second kappa shape index (κ2) is 3.83. The summed E-state index contributed by atoms with van der Waals surface area (Å²) in [7, 11) is 1.55. The lowest BCUT2D eigenvalue weighted by molar-refractivity contribution is 0.108. The Morgan fingerprint density at radius 1 is 1.38 bits per heavy atom. The van der Waals surface area contributed by atoms with Gasteiger partial charge >= 0.3 is 0 Å². The van der Waals surface area contributed by atoms with Gasteiger partial charge in [0.1, 0.15) is 5.75 Å². The lowest BCUT2D eigenvalue weighted by Gasteiger charge is -2.09. The molecule has 13 heavy (non-hydrogen) atoms. The fourth-order valence-electron chi connectivity index (χ4n) is 1.38. The summed E-state index contributed by atoms with van der Waals surface area (Å²) in [6.45, 7) is 3.85. The number of carbonyl (C=O) groups excluding carboxylic acids is 1. The Kier molecular flexibility index (Phi) is 2.98. The zero-order valence-electron chi connectivity index (χ0n) is 7.92. The van der Waals surface area contributed by atoms with Crippen LogP contribution in [-0.2, 0) is 0 Å². The Morgan fingerprint density at radius 3 is 2.46 bits per heavy atom. The maximum absolute atomic E-state index is 11.1. The van der Waals surface area contributed by atoms with E-state index in [9.17, 15) is 4.79 Å². The lowest BCUT2D eigenvalue weighted by atomic mass is 10.1. The molecule has 0 N–H and O–H groups in total. The fraction of sp³-hybridized carbons (Fsp3) is 0.300. The molecule has 3 heteroatoms. The van der Waals surface area contributed by atoms with Crippen molar-refractivity contribution in [3.63, 3.8) is 0 Å². The minimum Gasteiger partial charge on any atom is -0.496 e. The van der Waals surface area contributed by atoms with Gasteiger partial charge in [-0.25, -0.2) is 0 Å². The molecule has 0 aliphatic carbocycles. The highest BCUT2D eigenvalue weighted by atomic mass is 32.1. The Labute approximate surface area is 83.3 Å². The molecule has 0 atom stereocenters. The number of hydrogen-bond donors (Lipinski definition) is 1. The van der Waals surface area contributed by atoms with Gasteiger partial charge < -0.3 is 4.74 Å². The lowest BCUT2D eigenvalue weighted by Crippen LogP contribution is -1.98. The van der Waals surface area contributed by atoms with Gasteiger partial charge in [-0.1, -0.05) is 6.07 Å². The fourth-order valence-corrected chi connectivity index (χ4v) is 1.55. The topological polar surface area (TPSA) is 26.3 Å². The smallest absolute Gasteiger partial charge is 0.220 e. The summed E-state index contributed by atoms with van der Waals surface area (Å²) in [4.78, 5) is 11.1. The molecule has 0 amide bonds. The van der Waals surface area contributed by atoms with E-state index in [0.717, 1.165) is 11.1 Å². The van der Waals surface area contributed by atoms with Crippen LogP contribution in [0, 0.1) is 13.8 Å². The molecule has 70 valence electrons. The van der Waals surface area contributed by atoms with E-state index in [1.807, 2.05) is 19.9 Å². The van der Waals surface area contributed by atoms with E-state index >= 15 is 0 Å². The van der Waals surface area contributed by atoms with Gasteiger partial charge in [0.15, 0.2) is 0 Å². The van der Waals surface area contributed by atoms with E-state index in [1.54, 1.807) is 13.2 Å². The van der Waals surface area contributed by atoms with Gasteiger partial charge in [0.05, 0.1) is 12.7 Å². The van der Waals surface area contributed by atoms with E-state index < -0.39 is 0 Å². The molecule has 0 aliphatic rings. The van der Waals surface area contributed by atoms with Crippen molar-refractivity contribution in [1.29, 1.82) is 0 Å². The van der Waals surface area contributed by atoms with Gasteiger partial charge in [-0.05, 0) is 31.0 Å². The predicted molar refractivity (Wildman–Crippen MR) is 55.8 cm³/mol. The van der Waals surface area contributed by atoms with Crippen LogP contribution in [0.1, 0.15) is 21.5 Å². The van der Waals surface area contributed by atoms with Crippen molar-refractivity contribution in [3.8, 4) is 5.75 Å². The predicted octanol–water partition coefficient (Wildman–Crippen LogP) is 2.38. The molecule has 1 aromatic rings. The molecule has 0 radical (unpaired) electrons. The number of methoxy groups -OCH3 is 1. The van der Waals surface area contributed by atoms with Crippen LogP contribution < -0.4 is 4.74 Å². The first kappa shape index (κ1) is 10.1. The molecule has 0 bridgehead atoms. The van der Waals surface area contributed by atoms with E-state index in [2.05, 4.69) is 12.6 Å². The van der Waals surface area contributed by atoms with Crippen LogP contribution in [0.3, 0.4) is 0 Å². The zero-order chi connectivity index (χ0) is 10.0. The first-order chi connectivity index (χ1) is 6.06. The third-order valence-corrected chi connectivity index (χ3v) is 2.09. The molecule has 0 saturated heterocycles. The maximum atomic E-state index is 11.1. The minimum absolute atomic E-state index is 0.261. The van der Waals surface area contributed by atoms with Gasteiger partial charge in [0, 0.05) is 0 Å². The van der Waals surface area contributed by atoms with Crippen molar-refractivity contribution in [2.24, 2.45) is 0 Å². The number of thiol groups is 1. The van der Waals surface area contributed by atoms with Crippen LogP contribution in [0.25, 0.3) is 0 Å².